The Morgan fingerprint density at radius 2 is 1.04 bits per heavy atom. The summed E-state index contributed by atoms with van der Waals surface area (Å²) in [7, 11) is 6.46. The van der Waals surface area contributed by atoms with Crippen LogP contribution in [0.2, 0.25) is 0 Å². The van der Waals surface area contributed by atoms with E-state index in [1.807, 2.05) is 36.4 Å². The Morgan fingerprint density at radius 1 is 0.571 bits per heavy atom. The van der Waals surface area contributed by atoms with E-state index < -0.39 is 0 Å². The van der Waals surface area contributed by atoms with Gasteiger partial charge in [-0.05, 0) is 43.5 Å². The largest absolute Gasteiger partial charge is 0.494 e. The summed E-state index contributed by atoms with van der Waals surface area (Å²) >= 11 is 3.11. The molecule has 0 atom stereocenters. The van der Waals surface area contributed by atoms with Crippen LogP contribution in [0.3, 0.4) is 0 Å². The lowest BCUT2D eigenvalue weighted by Crippen LogP contribution is -2.01. The molecule has 14 heteroatoms. The van der Waals surface area contributed by atoms with E-state index in [2.05, 4.69) is 19.9 Å². The minimum absolute atomic E-state index is 0.589. The first-order valence-electron chi connectivity index (χ1n) is 15.7. The van der Waals surface area contributed by atoms with Crippen molar-refractivity contribution in [1.29, 1.82) is 0 Å². The van der Waals surface area contributed by atoms with Crippen molar-refractivity contribution in [2.24, 2.45) is 0 Å². The summed E-state index contributed by atoms with van der Waals surface area (Å²) in [5.41, 5.74) is 5.21. The number of imidazole rings is 2. The first kappa shape index (κ1) is 34.1. The second kappa shape index (κ2) is 16.5. The summed E-state index contributed by atoms with van der Waals surface area (Å²) in [4.78, 5) is 25.0. The molecule has 49 heavy (non-hydrogen) atoms. The van der Waals surface area contributed by atoms with Crippen LogP contribution in [0.5, 0.6) is 34.5 Å². The van der Waals surface area contributed by atoms with Crippen LogP contribution in [0.25, 0.3) is 22.1 Å². The number of rotatable bonds is 18. The number of H-pyrrole nitrogens is 2. The molecule has 0 spiro atoms. The molecule has 0 amide bonds. The average molecular weight is 703 g/mol. The number of unbranched alkanes of at least 4 members (excludes halogenated alkanes) is 2. The molecule has 4 aromatic heterocycles. The van der Waals surface area contributed by atoms with Gasteiger partial charge in [-0.3, -0.25) is 9.97 Å². The van der Waals surface area contributed by atoms with Crippen molar-refractivity contribution in [2.75, 3.05) is 41.7 Å². The summed E-state index contributed by atoms with van der Waals surface area (Å²) < 4.78 is 33.8. The van der Waals surface area contributed by atoms with Crippen LogP contribution in [-0.4, -0.2) is 71.6 Å². The number of thioether (sulfide) groups is 2. The zero-order valence-corrected chi connectivity index (χ0v) is 29.4. The predicted octanol–water partition coefficient (Wildman–Crippen LogP) is 7.48. The highest BCUT2D eigenvalue weighted by molar-refractivity contribution is 7.98. The second-order valence-electron chi connectivity index (χ2n) is 10.8. The Balaban J connectivity index is 0.915. The number of aromatic nitrogens is 6. The van der Waals surface area contributed by atoms with Crippen LogP contribution in [0.4, 0.5) is 0 Å². The van der Waals surface area contributed by atoms with Crippen LogP contribution in [0.15, 0.2) is 71.2 Å². The quantitative estimate of drug-likeness (QED) is 0.0678. The van der Waals surface area contributed by atoms with Gasteiger partial charge in [0.15, 0.2) is 33.3 Å². The first-order chi connectivity index (χ1) is 24.1. The summed E-state index contributed by atoms with van der Waals surface area (Å²) in [6.45, 7) is 1.25. The molecule has 0 aliphatic heterocycles. The molecule has 4 heterocycles. The first-order valence-corrected chi connectivity index (χ1v) is 17.7. The fourth-order valence-electron chi connectivity index (χ4n) is 5.19. The molecule has 0 saturated carbocycles. The van der Waals surface area contributed by atoms with Crippen molar-refractivity contribution in [2.45, 2.75) is 41.1 Å². The Hall–Kier alpha value is -4.82. The van der Waals surface area contributed by atoms with Crippen LogP contribution >= 0.6 is 23.5 Å². The van der Waals surface area contributed by atoms with Crippen molar-refractivity contribution >= 4 is 45.6 Å². The summed E-state index contributed by atoms with van der Waals surface area (Å²) in [6, 6.07) is 15.4. The third kappa shape index (κ3) is 8.43. The molecule has 2 N–H and O–H groups in total. The number of methoxy groups -OCH3 is 4. The summed E-state index contributed by atoms with van der Waals surface area (Å²) in [6.07, 6.45) is 6.27. The minimum Gasteiger partial charge on any atom is -0.494 e. The molecule has 2 aromatic carbocycles. The smallest absolute Gasteiger partial charge is 0.183 e. The molecular weight excluding hydrogens is 665 g/mol. The molecule has 0 aliphatic rings. The summed E-state index contributed by atoms with van der Waals surface area (Å²) in [5.74, 6) is 5.39. The van der Waals surface area contributed by atoms with E-state index in [4.69, 9.17) is 38.4 Å². The molecular formula is C35H38N6O6S2. The number of benzene rings is 2. The molecule has 6 aromatic rings. The second-order valence-corrected chi connectivity index (χ2v) is 12.7. The van der Waals surface area contributed by atoms with Crippen molar-refractivity contribution in [3.8, 4) is 34.5 Å². The van der Waals surface area contributed by atoms with Gasteiger partial charge in [-0.15, -0.1) is 0 Å². The Morgan fingerprint density at radius 3 is 1.47 bits per heavy atom. The third-order valence-corrected chi connectivity index (χ3v) is 9.38. The van der Waals surface area contributed by atoms with Gasteiger partial charge in [-0.2, -0.15) is 0 Å². The Labute approximate surface area is 292 Å². The van der Waals surface area contributed by atoms with Crippen LogP contribution in [0, 0.1) is 0 Å². The normalized spacial score (nSPS) is 11.2. The maximum absolute atomic E-state index is 6.03. The standard InChI is InChI=1S/C35H38N6O6S2/c1-42-30-12-14-36-28(32(30)44-3)20-48-34-38-24-10-8-22(18-26(24)40-34)46-16-6-5-7-17-47-23-9-11-25-27(19-23)41-35(39-25)49-21-29-33(45-4)31(43-2)13-15-37-29/h8-15,18-19H,5-7,16-17,20-21H2,1-4H3,(H,38,40)(H,39,41). The van der Waals surface area contributed by atoms with Gasteiger partial charge in [0.05, 0.1) is 75.1 Å². The van der Waals surface area contributed by atoms with Gasteiger partial charge < -0.3 is 38.4 Å². The summed E-state index contributed by atoms with van der Waals surface area (Å²) in [5, 5.41) is 1.60. The fraction of sp³-hybridized carbons (Fsp3) is 0.314. The highest BCUT2D eigenvalue weighted by Crippen LogP contribution is 2.35. The lowest BCUT2D eigenvalue weighted by atomic mass is 10.2. The van der Waals surface area contributed by atoms with E-state index in [1.54, 1.807) is 76.5 Å². The zero-order chi connectivity index (χ0) is 34.0. The Kier molecular flexibility index (Phi) is 11.5. The van der Waals surface area contributed by atoms with E-state index in [0.29, 0.717) is 47.7 Å². The third-order valence-electron chi connectivity index (χ3n) is 7.61. The van der Waals surface area contributed by atoms with Crippen LogP contribution < -0.4 is 28.4 Å². The number of hydrogen-bond acceptors (Lipinski definition) is 12. The van der Waals surface area contributed by atoms with Gasteiger partial charge in [-0.1, -0.05) is 23.5 Å². The minimum atomic E-state index is 0.589. The molecule has 0 radical (unpaired) electrons. The molecule has 12 nitrogen and oxygen atoms in total. The number of hydrogen-bond donors (Lipinski definition) is 2. The number of nitrogens with one attached hydrogen (secondary N) is 2. The lowest BCUT2D eigenvalue weighted by Gasteiger charge is -2.10. The highest BCUT2D eigenvalue weighted by atomic mass is 32.2. The van der Waals surface area contributed by atoms with Gasteiger partial charge in [0.2, 0.25) is 0 Å². The van der Waals surface area contributed by atoms with Crippen molar-refractivity contribution < 1.29 is 28.4 Å². The molecule has 256 valence electrons. The highest BCUT2D eigenvalue weighted by Gasteiger charge is 2.15. The molecule has 0 saturated heterocycles. The molecule has 0 bridgehead atoms. The topological polar surface area (TPSA) is 139 Å². The fourth-order valence-corrected chi connectivity index (χ4v) is 6.84. The van der Waals surface area contributed by atoms with Gasteiger partial charge in [0.25, 0.3) is 0 Å². The van der Waals surface area contributed by atoms with E-state index in [1.165, 1.54) is 0 Å². The molecule has 0 fully saturated rings. The van der Waals surface area contributed by atoms with Crippen molar-refractivity contribution in [3.63, 3.8) is 0 Å². The van der Waals surface area contributed by atoms with Gasteiger partial charge >= 0.3 is 0 Å². The zero-order valence-electron chi connectivity index (χ0n) is 27.8. The Bertz CT molecular complexity index is 1860. The van der Waals surface area contributed by atoms with E-state index in [9.17, 15) is 0 Å². The van der Waals surface area contributed by atoms with E-state index in [0.717, 1.165) is 74.5 Å². The van der Waals surface area contributed by atoms with Gasteiger partial charge in [-0.25, -0.2) is 9.97 Å². The monoisotopic (exact) mass is 702 g/mol. The number of aromatic amines is 2. The van der Waals surface area contributed by atoms with Crippen LogP contribution in [-0.2, 0) is 11.5 Å². The number of ether oxygens (including phenoxy) is 6. The SMILES string of the molecule is COc1ccnc(CSc2nc3ccc(OCCCCCOc4ccc5nc(SCc6nccc(OC)c6OC)[nH]c5c4)cc3[nH]2)c1OC. The predicted molar refractivity (Wildman–Crippen MR) is 191 cm³/mol. The molecule has 6 rings (SSSR count). The van der Waals surface area contributed by atoms with E-state index in [-0.39, 0.29) is 0 Å². The molecule has 0 unspecified atom stereocenters. The number of fused-ring (bicyclic) bond motifs is 2. The van der Waals surface area contributed by atoms with Crippen molar-refractivity contribution in [1.82, 2.24) is 29.9 Å². The van der Waals surface area contributed by atoms with Gasteiger partial charge in [0.1, 0.15) is 11.5 Å². The van der Waals surface area contributed by atoms with Crippen molar-refractivity contribution in [3.05, 3.63) is 72.3 Å². The van der Waals surface area contributed by atoms with E-state index >= 15 is 0 Å². The number of pyridine rings is 2. The average Bonchev–Trinajstić information content (AvgIpc) is 3.75. The van der Waals surface area contributed by atoms with Gasteiger partial charge in [0, 0.05) is 48.2 Å². The lowest BCUT2D eigenvalue weighted by molar-refractivity contribution is 0.280. The molecule has 0 aliphatic carbocycles. The van der Waals surface area contributed by atoms with Crippen LogP contribution in [0.1, 0.15) is 30.7 Å². The maximum Gasteiger partial charge on any atom is 0.183 e. The number of nitrogens with zero attached hydrogens (tertiary/aromatic N) is 4. The maximum atomic E-state index is 6.03.